The number of hydrogen-bond donors (Lipinski definition) is 3. The molecule has 0 spiro atoms. The van der Waals surface area contributed by atoms with Gasteiger partial charge in [0.15, 0.2) is 0 Å². The highest BCUT2D eigenvalue weighted by atomic mass is 16.3. The molecule has 0 bridgehead atoms. The van der Waals surface area contributed by atoms with Gasteiger partial charge in [0.2, 0.25) is 0 Å². The molecule has 4 aliphatic carbocycles. The van der Waals surface area contributed by atoms with E-state index in [2.05, 4.69) is 41.2 Å². The Bertz CT molecular complexity index is 771. The van der Waals surface area contributed by atoms with E-state index in [4.69, 9.17) is 0 Å². The molecule has 0 saturated heterocycles. The molecule has 10 atom stereocenters. The summed E-state index contributed by atoms with van der Waals surface area (Å²) in [5.41, 5.74) is 0.905. The van der Waals surface area contributed by atoms with Crippen LogP contribution in [0.25, 0.3) is 0 Å². The van der Waals surface area contributed by atoms with Gasteiger partial charge in [0.25, 0.3) is 0 Å². The molecule has 33 heavy (non-hydrogen) atoms. The van der Waals surface area contributed by atoms with Gasteiger partial charge in [0.1, 0.15) is 0 Å². The van der Waals surface area contributed by atoms with Crippen molar-refractivity contribution in [1.82, 2.24) is 0 Å². The minimum Gasteiger partial charge on any atom is -0.393 e. The quantitative estimate of drug-likeness (QED) is 0.410. The van der Waals surface area contributed by atoms with Gasteiger partial charge in [0.05, 0.1) is 17.8 Å². The second-order valence-electron chi connectivity index (χ2n) is 14.4. The lowest BCUT2D eigenvalue weighted by Crippen LogP contribution is -2.64. The van der Waals surface area contributed by atoms with E-state index < -0.39 is 11.7 Å². The van der Waals surface area contributed by atoms with Gasteiger partial charge in [0, 0.05) is 0 Å². The van der Waals surface area contributed by atoms with E-state index >= 15 is 0 Å². The van der Waals surface area contributed by atoms with Crippen molar-refractivity contribution in [3.8, 4) is 0 Å². The molecule has 4 aliphatic rings. The topological polar surface area (TPSA) is 60.7 Å². The fraction of sp³-hybridized carbons (Fsp3) is 0.933. The first-order valence-corrected chi connectivity index (χ1v) is 13.8. The largest absolute Gasteiger partial charge is 0.393 e. The zero-order chi connectivity index (χ0) is 24.6. The van der Waals surface area contributed by atoms with E-state index in [-0.39, 0.29) is 16.9 Å². The van der Waals surface area contributed by atoms with Crippen molar-refractivity contribution in [2.75, 3.05) is 0 Å². The molecule has 4 saturated carbocycles. The molecule has 3 N–H and O–H groups in total. The summed E-state index contributed by atoms with van der Waals surface area (Å²) in [7, 11) is 0. The maximum Gasteiger partial charge on any atom is 0.0745 e. The third-order valence-corrected chi connectivity index (χ3v) is 12.7. The van der Waals surface area contributed by atoms with E-state index in [0.717, 1.165) is 24.8 Å². The fourth-order valence-corrected chi connectivity index (χ4v) is 10.3. The van der Waals surface area contributed by atoms with Gasteiger partial charge < -0.3 is 15.3 Å². The van der Waals surface area contributed by atoms with Gasteiger partial charge in [-0.25, -0.2) is 0 Å². The van der Waals surface area contributed by atoms with E-state index in [0.29, 0.717) is 47.3 Å². The average molecular weight is 461 g/mol. The third-order valence-electron chi connectivity index (χ3n) is 12.7. The third kappa shape index (κ3) is 3.61. The van der Waals surface area contributed by atoms with Gasteiger partial charge in [-0.3, -0.25) is 0 Å². The van der Waals surface area contributed by atoms with Crippen molar-refractivity contribution in [1.29, 1.82) is 0 Å². The van der Waals surface area contributed by atoms with Crippen molar-refractivity contribution >= 4 is 0 Å². The summed E-state index contributed by atoms with van der Waals surface area (Å²) in [5, 5.41) is 32.8. The molecule has 3 heteroatoms. The average Bonchev–Trinajstić information content (AvgIpc) is 3.08. The first-order chi connectivity index (χ1) is 15.1. The van der Waals surface area contributed by atoms with Crippen LogP contribution in [-0.2, 0) is 0 Å². The predicted molar refractivity (Wildman–Crippen MR) is 136 cm³/mol. The second-order valence-corrected chi connectivity index (χ2v) is 14.4. The molecule has 0 aromatic heterocycles. The standard InChI is InChI=1S/C30H52O3/c1-19(2)22(31)12-18-30(8,33)21-11-16-28(6)20(21)9-10-24-27(5)15-14-25(32)26(3,4)23(27)13-17-29(24,28)7/h20-25,31-33H,1,9-18H2,2-8H3/t20-,21+,22-,23-,24+,25+,27+,28-,29-,30+/m1/s1. The Morgan fingerprint density at radius 2 is 1.58 bits per heavy atom. The summed E-state index contributed by atoms with van der Waals surface area (Å²) in [4.78, 5) is 0. The van der Waals surface area contributed by atoms with Crippen molar-refractivity contribution in [2.24, 2.45) is 45.3 Å². The summed E-state index contributed by atoms with van der Waals surface area (Å²) in [6, 6.07) is 0. The maximum atomic E-state index is 11.6. The molecule has 0 aromatic carbocycles. The zero-order valence-corrected chi connectivity index (χ0v) is 22.6. The Hall–Kier alpha value is -0.380. The Labute approximate surface area is 203 Å². The van der Waals surface area contributed by atoms with Crippen molar-refractivity contribution < 1.29 is 15.3 Å². The fourth-order valence-electron chi connectivity index (χ4n) is 10.3. The number of aliphatic hydroxyl groups excluding tert-OH is 2. The van der Waals surface area contributed by atoms with Crippen LogP contribution >= 0.6 is 0 Å². The van der Waals surface area contributed by atoms with Crippen LogP contribution in [-0.4, -0.2) is 33.1 Å². The molecule has 0 heterocycles. The Morgan fingerprint density at radius 1 is 0.939 bits per heavy atom. The molecule has 0 unspecified atom stereocenters. The van der Waals surface area contributed by atoms with Crippen LogP contribution in [0.1, 0.15) is 113 Å². The Morgan fingerprint density at radius 3 is 2.21 bits per heavy atom. The normalized spacial score (nSPS) is 49.3. The molecule has 0 aromatic rings. The summed E-state index contributed by atoms with van der Waals surface area (Å²) < 4.78 is 0. The Balaban J connectivity index is 1.59. The number of fused-ring (bicyclic) bond motifs is 5. The molecule has 3 nitrogen and oxygen atoms in total. The summed E-state index contributed by atoms with van der Waals surface area (Å²) in [6.45, 7) is 20.2. The van der Waals surface area contributed by atoms with Crippen molar-refractivity contribution in [2.45, 2.75) is 130 Å². The predicted octanol–water partition coefficient (Wildman–Crippen LogP) is 6.50. The zero-order valence-electron chi connectivity index (χ0n) is 22.6. The molecule has 4 rings (SSSR count). The number of rotatable bonds is 5. The lowest BCUT2D eigenvalue weighted by atomic mass is 9.35. The number of hydrogen-bond acceptors (Lipinski definition) is 3. The van der Waals surface area contributed by atoms with E-state index in [1.165, 1.54) is 32.1 Å². The summed E-state index contributed by atoms with van der Waals surface area (Å²) in [6.07, 6.45) is 9.91. The van der Waals surface area contributed by atoms with Gasteiger partial charge in [-0.05, 0) is 123 Å². The number of aliphatic hydroxyl groups is 3. The van der Waals surface area contributed by atoms with E-state index in [1.807, 2.05) is 13.8 Å². The van der Waals surface area contributed by atoms with Gasteiger partial charge in [-0.15, -0.1) is 0 Å². The molecule has 4 fully saturated rings. The van der Waals surface area contributed by atoms with Crippen LogP contribution in [0.4, 0.5) is 0 Å². The first-order valence-electron chi connectivity index (χ1n) is 13.8. The van der Waals surface area contributed by atoms with Gasteiger partial charge in [-0.1, -0.05) is 46.8 Å². The highest BCUT2D eigenvalue weighted by Gasteiger charge is 2.69. The molecule has 0 radical (unpaired) electrons. The van der Waals surface area contributed by atoms with Gasteiger partial charge in [-0.2, -0.15) is 0 Å². The summed E-state index contributed by atoms with van der Waals surface area (Å²) in [5.74, 6) is 2.16. The van der Waals surface area contributed by atoms with Crippen molar-refractivity contribution in [3.05, 3.63) is 12.2 Å². The van der Waals surface area contributed by atoms with E-state index in [1.54, 1.807) is 0 Å². The molecule has 190 valence electrons. The van der Waals surface area contributed by atoms with Crippen LogP contribution in [0.2, 0.25) is 0 Å². The van der Waals surface area contributed by atoms with Crippen LogP contribution in [0.5, 0.6) is 0 Å². The molecule has 0 aliphatic heterocycles. The minimum absolute atomic E-state index is 0.00190. The van der Waals surface area contributed by atoms with Crippen LogP contribution < -0.4 is 0 Å². The van der Waals surface area contributed by atoms with Crippen LogP contribution in [0.15, 0.2) is 12.2 Å². The monoisotopic (exact) mass is 460 g/mol. The van der Waals surface area contributed by atoms with Crippen LogP contribution in [0.3, 0.4) is 0 Å². The SMILES string of the molecule is C=C(C)[C@H](O)CC[C@](C)(O)[C@H]1CC[C@]2(C)[C@@H]1CC[C@H]1[C@@]3(C)CC[C@H](O)C(C)(C)[C@H]3CC[C@]12C. The van der Waals surface area contributed by atoms with Gasteiger partial charge >= 0.3 is 0 Å². The first kappa shape index (κ1) is 25.7. The molecule has 0 amide bonds. The molecular weight excluding hydrogens is 408 g/mol. The highest BCUT2D eigenvalue weighted by Crippen LogP contribution is 2.75. The molecular formula is C30H52O3. The minimum atomic E-state index is -0.736. The summed E-state index contributed by atoms with van der Waals surface area (Å²) >= 11 is 0. The lowest BCUT2D eigenvalue weighted by Gasteiger charge is -2.70. The van der Waals surface area contributed by atoms with Crippen LogP contribution in [0, 0.1) is 45.3 Å². The van der Waals surface area contributed by atoms with E-state index in [9.17, 15) is 15.3 Å². The smallest absolute Gasteiger partial charge is 0.0745 e. The Kier molecular flexibility index (Phi) is 6.28. The van der Waals surface area contributed by atoms with Crippen molar-refractivity contribution in [3.63, 3.8) is 0 Å². The lowest BCUT2D eigenvalue weighted by molar-refractivity contribution is -0.225. The maximum absolute atomic E-state index is 11.6. The highest BCUT2D eigenvalue weighted by molar-refractivity contribution is 5.18. The second kappa shape index (κ2) is 8.07.